The molecule has 1 aromatic rings. The van der Waals surface area contributed by atoms with Crippen molar-refractivity contribution in [1.82, 2.24) is 20.1 Å². The minimum Gasteiger partial charge on any atom is -0.479 e. The number of allylic oxidation sites excluding steroid dienone is 1. The van der Waals surface area contributed by atoms with E-state index in [9.17, 15) is 41.9 Å². The number of likely N-dealkylation sites (tertiary alicyclic amines) is 1. The molecule has 2 atom stereocenters. The summed E-state index contributed by atoms with van der Waals surface area (Å²) >= 11 is 1.90. The number of thioether (sulfide) groups is 1. The number of aromatic nitrogens is 1. The molecule has 15 nitrogen and oxygen atoms in total. The highest BCUT2D eigenvalue weighted by Gasteiger charge is 2.55. The van der Waals surface area contributed by atoms with E-state index in [4.69, 9.17) is 17.3 Å². The number of esters is 2. The van der Waals surface area contributed by atoms with Gasteiger partial charge in [0, 0.05) is 23.3 Å². The van der Waals surface area contributed by atoms with Crippen molar-refractivity contribution in [3.8, 4) is 12.3 Å². The number of carboxylic acid groups (broad SMARTS) is 1. The lowest BCUT2D eigenvalue weighted by molar-refractivity contribution is -0.201. The molecule has 0 radical (unpaired) electrons. The molecule has 4 heterocycles. The Bertz CT molecular complexity index is 1580. The standard InChI is InChI=1S/C24H19F3N6O9S2/c1-2-4-32-5-3-10(18(32)37)6-11-8-43-20-15(19(38)33(20)16(11)21(39)42-22(40)24(25,26)27)30-17(36)14(31-41-7-13(34)35)12-9-44-23(28)29-12/h1,6,9,15,20H,3-5,7-8H2,(H2,28,29)(H,30,36)(H,34,35)/b10-6?,31-14-/t15-,20-/m1/s1. The van der Waals surface area contributed by atoms with Gasteiger partial charge in [0.25, 0.3) is 17.7 Å². The molecule has 1 aromatic heterocycles. The molecule has 0 bridgehead atoms. The number of anilines is 1. The molecule has 0 spiro atoms. The summed E-state index contributed by atoms with van der Waals surface area (Å²) in [5, 5.41) is 14.9. The maximum atomic E-state index is 13.2. The lowest BCUT2D eigenvalue weighted by Crippen LogP contribution is -2.71. The number of fused-ring (bicyclic) bond motifs is 1. The first-order valence-electron chi connectivity index (χ1n) is 12.1. The molecule has 2 fully saturated rings. The second-order valence-electron chi connectivity index (χ2n) is 8.94. The van der Waals surface area contributed by atoms with Gasteiger partial charge in [-0.05, 0) is 18.1 Å². The van der Waals surface area contributed by atoms with Crippen LogP contribution < -0.4 is 11.1 Å². The molecule has 0 saturated carbocycles. The number of nitrogen functional groups attached to an aromatic ring is 1. The molecule has 3 aliphatic rings. The zero-order chi connectivity index (χ0) is 32.3. The third-order valence-electron chi connectivity index (χ3n) is 6.06. The molecular formula is C24H19F3N6O9S2. The third-order valence-corrected chi connectivity index (χ3v) is 8.04. The van der Waals surface area contributed by atoms with Crippen LogP contribution in [0.5, 0.6) is 0 Å². The van der Waals surface area contributed by atoms with Gasteiger partial charge < -0.3 is 30.6 Å². The Morgan fingerprint density at radius 1 is 1.32 bits per heavy atom. The Morgan fingerprint density at radius 2 is 2.05 bits per heavy atom. The van der Waals surface area contributed by atoms with Gasteiger partial charge >= 0.3 is 24.1 Å². The normalized spacial score (nSPS) is 21.0. The summed E-state index contributed by atoms with van der Waals surface area (Å²) in [7, 11) is 0. The monoisotopic (exact) mass is 656 g/mol. The molecule has 2 saturated heterocycles. The summed E-state index contributed by atoms with van der Waals surface area (Å²) in [5.74, 6) is -6.38. The Balaban J connectivity index is 1.62. The summed E-state index contributed by atoms with van der Waals surface area (Å²) in [6, 6.07) is -1.37. The number of amides is 3. The maximum absolute atomic E-state index is 13.2. The number of thiazole rings is 1. The molecule has 44 heavy (non-hydrogen) atoms. The van der Waals surface area contributed by atoms with Crippen LogP contribution in [0.25, 0.3) is 0 Å². The molecule has 232 valence electrons. The number of halogens is 3. The number of hydrogen-bond donors (Lipinski definition) is 3. The number of nitrogens with one attached hydrogen (secondary N) is 1. The van der Waals surface area contributed by atoms with E-state index < -0.39 is 71.2 Å². The van der Waals surface area contributed by atoms with E-state index in [1.54, 1.807) is 0 Å². The fraction of sp³-hybridized carbons (Fsp3) is 0.333. The maximum Gasteiger partial charge on any atom is 0.491 e. The highest BCUT2D eigenvalue weighted by Crippen LogP contribution is 2.42. The number of terminal acetylenes is 1. The summed E-state index contributed by atoms with van der Waals surface area (Å²) in [5.41, 5.74) is 4.30. The van der Waals surface area contributed by atoms with Crippen molar-refractivity contribution in [2.24, 2.45) is 5.16 Å². The molecule has 0 aliphatic carbocycles. The Morgan fingerprint density at radius 3 is 2.66 bits per heavy atom. The summed E-state index contributed by atoms with van der Waals surface area (Å²) < 4.78 is 42.6. The zero-order valence-corrected chi connectivity index (χ0v) is 23.6. The van der Waals surface area contributed by atoms with Gasteiger partial charge in [0.2, 0.25) is 6.61 Å². The van der Waals surface area contributed by atoms with Crippen LogP contribution in [-0.2, 0) is 38.3 Å². The lowest BCUT2D eigenvalue weighted by atomic mass is 10.0. The number of carbonyl (C=O) groups excluding carboxylic acids is 5. The average molecular weight is 657 g/mol. The van der Waals surface area contributed by atoms with E-state index in [2.05, 4.69) is 31.0 Å². The minimum absolute atomic E-state index is 0.00679. The number of alkyl halides is 3. The summed E-state index contributed by atoms with van der Waals surface area (Å²) in [4.78, 5) is 84.7. The summed E-state index contributed by atoms with van der Waals surface area (Å²) in [6.45, 7) is -0.682. The van der Waals surface area contributed by atoms with E-state index in [0.717, 1.165) is 28.0 Å². The van der Waals surface area contributed by atoms with Gasteiger partial charge in [0.15, 0.2) is 10.8 Å². The molecule has 20 heteroatoms. The first kappa shape index (κ1) is 32.0. The number of carboxylic acids is 1. The van der Waals surface area contributed by atoms with Gasteiger partial charge in [0.05, 0.1) is 6.54 Å². The number of aliphatic carboxylic acids is 1. The molecule has 0 aromatic carbocycles. The Kier molecular flexibility index (Phi) is 9.29. The highest BCUT2D eigenvalue weighted by atomic mass is 32.2. The predicted molar refractivity (Wildman–Crippen MR) is 144 cm³/mol. The molecule has 3 amide bonds. The van der Waals surface area contributed by atoms with E-state index in [0.29, 0.717) is 0 Å². The third kappa shape index (κ3) is 6.68. The van der Waals surface area contributed by atoms with E-state index in [-0.39, 0.29) is 47.2 Å². The van der Waals surface area contributed by atoms with Crippen LogP contribution in [-0.4, -0.2) is 104 Å². The van der Waals surface area contributed by atoms with Crippen LogP contribution in [0.1, 0.15) is 12.1 Å². The van der Waals surface area contributed by atoms with Gasteiger partial charge in [-0.2, -0.15) is 13.2 Å². The van der Waals surface area contributed by atoms with Crippen LogP contribution >= 0.6 is 23.1 Å². The fourth-order valence-corrected chi connectivity index (χ4v) is 6.02. The number of nitrogens with zero attached hydrogens (tertiary/aromatic N) is 4. The zero-order valence-electron chi connectivity index (χ0n) is 22.0. The van der Waals surface area contributed by atoms with Gasteiger partial charge in [-0.1, -0.05) is 11.1 Å². The van der Waals surface area contributed by atoms with Crippen molar-refractivity contribution < 1.29 is 56.6 Å². The number of oxime groups is 1. The fourth-order valence-electron chi connectivity index (χ4n) is 4.17. The SMILES string of the molecule is C#CCN1CCC(=CC2=C(C(=O)OC(=O)C(F)(F)F)N3C(=O)[C@@H](NC(=O)/C(=N\OCC(=O)O)c4csc(N)n4)[C@H]3SC2)C1=O. The number of hydrogen-bond acceptors (Lipinski definition) is 13. The van der Waals surface area contributed by atoms with E-state index >= 15 is 0 Å². The lowest BCUT2D eigenvalue weighted by Gasteiger charge is -2.49. The number of rotatable bonds is 9. The van der Waals surface area contributed by atoms with Crippen molar-refractivity contribution in [3.05, 3.63) is 34.0 Å². The molecular weight excluding hydrogens is 637 g/mol. The minimum atomic E-state index is -5.53. The first-order chi connectivity index (χ1) is 20.7. The van der Waals surface area contributed by atoms with Gasteiger partial charge in [-0.15, -0.1) is 29.5 Å². The average Bonchev–Trinajstić information content (AvgIpc) is 3.53. The van der Waals surface area contributed by atoms with E-state index in [1.165, 1.54) is 16.4 Å². The molecule has 3 aliphatic heterocycles. The second-order valence-corrected chi connectivity index (χ2v) is 10.9. The highest BCUT2D eigenvalue weighted by molar-refractivity contribution is 8.00. The van der Waals surface area contributed by atoms with Crippen LogP contribution in [0.3, 0.4) is 0 Å². The topological polar surface area (TPSA) is 211 Å². The molecule has 4 rings (SSSR count). The van der Waals surface area contributed by atoms with Crippen LogP contribution in [0.4, 0.5) is 18.3 Å². The van der Waals surface area contributed by atoms with Crippen molar-refractivity contribution in [3.63, 3.8) is 0 Å². The van der Waals surface area contributed by atoms with E-state index in [1.807, 2.05) is 0 Å². The summed E-state index contributed by atoms with van der Waals surface area (Å²) in [6.07, 6.45) is 1.14. The van der Waals surface area contributed by atoms with Crippen LogP contribution in [0, 0.1) is 12.3 Å². The van der Waals surface area contributed by atoms with Crippen LogP contribution in [0.15, 0.2) is 33.5 Å². The van der Waals surface area contributed by atoms with Crippen molar-refractivity contribution in [1.29, 1.82) is 0 Å². The predicted octanol–water partition coefficient (Wildman–Crippen LogP) is -0.391. The smallest absolute Gasteiger partial charge is 0.479 e. The Hall–Kier alpha value is -4.90. The van der Waals surface area contributed by atoms with Gasteiger partial charge in [0.1, 0.15) is 22.8 Å². The van der Waals surface area contributed by atoms with Gasteiger partial charge in [-0.3, -0.25) is 19.3 Å². The van der Waals surface area contributed by atoms with Gasteiger partial charge in [-0.25, -0.2) is 19.4 Å². The van der Waals surface area contributed by atoms with Crippen molar-refractivity contribution >= 4 is 69.6 Å². The first-order valence-corrected chi connectivity index (χ1v) is 14.0. The quantitative estimate of drug-likeness (QED) is 0.0590. The molecule has 0 unspecified atom stereocenters. The number of β-lactam (4-membered cyclic amide) rings is 1. The second kappa shape index (κ2) is 12.8. The number of nitrogens with two attached hydrogens (primary N) is 1. The van der Waals surface area contributed by atoms with Crippen molar-refractivity contribution in [2.75, 3.05) is 31.2 Å². The number of carbonyl (C=O) groups is 6. The largest absolute Gasteiger partial charge is 0.491 e. The van der Waals surface area contributed by atoms with Crippen LogP contribution in [0.2, 0.25) is 0 Å². The Labute approximate surface area is 252 Å². The van der Waals surface area contributed by atoms with Crippen molar-refractivity contribution in [2.45, 2.75) is 24.0 Å². The molecule has 4 N–H and O–H groups in total. The number of ether oxygens (including phenoxy) is 1.